The maximum atomic E-state index is 4.70. The summed E-state index contributed by atoms with van der Waals surface area (Å²) in [5.74, 6) is 0. The van der Waals surface area contributed by atoms with Gasteiger partial charge in [0.1, 0.15) is 0 Å². The van der Waals surface area contributed by atoms with E-state index in [1.54, 1.807) is 0 Å². The van der Waals surface area contributed by atoms with E-state index in [2.05, 4.69) is 51.9 Å². The Bertz CT molecular complexity index is 360. The van der Waals surface area contributed by atoms with Gasteiger partial charge in [0.05, 0.1) is 5.69 Å². The van der Waals surface area contributed by atoms with Crippen molar-refractivity contribution < 1.29 is 0 Å². The van der Waals surface area contributed by atoms with Gasteiger partial charge in [-0.3, -0.25) is 0 Å². The van der Waals surface area contributed by atoms with Crippen molar-refractivity contribution in [3.8, 4) is 0 Å². The highest BCUT2D eigenvalue weighted by molar-refractivity contribution is 7.15. The lowest BCUT2D eigenvalue weighted by molar-refractivity contribution is 0.591. The lowest BCUT2D eigenvalue weighted by Crippen LogP contribution is -2.28. The van der Waals surface area contributed by atoms with Crippen LogP contribution < -0.4 is 10.2 Å². The van der Waals surface area contributed by atoms with E-state index < -0.39 is 0 Å². The van der Waals surface area contributed by atoms with E-state index in [0.29, 0.717) is 12.1 Å². The second kappa shape index (κ2) is 7.10. The number of aryl methyl sites for hydroxylation is 1. The molecule has 0 saturated carbocycles. The molecule has 1 unspecified atom stereocenters. The van der Waals surface area contributed by atoms with Crippen molar-refractivity contribution in [3.63, 3.8) is 0 Å². The Kier molecular flexibility index (Phi) is 6.09. The molecule has 0 fully saturated rings. The van der Waals surface area contributed by atoms with E-state index in [4.69, 9.17) is 4.98 Å². The summed E-state index contributed by atoms with van der Waals surface area (Å²) in [4.78, 5) is 8.36. The van der Waals surface area contributed by atoms with Crippen molar-refractivity contribution in [1.82, 2.24) is 10.3 Å². The number of hydrogen-bond acceptors (Lipinski definition) is 4. The quantitative estimate of drug-likeness (QED) is 0.820. The smallest absolute Gasteiger partial charge is 0.185 e. The normalized spacial score (nSPS) is 13.1. The molecule has 104 valence electrons. The molecule has 1 rings (SSSR count). The Labute approximate surface area is 116 Å². The molecule has 0 aromatic carbocycles. The number of thiazole rings is 1. The fourth-order valence-electron chi connectivity index (χ4n) is 1.82. The number of anilines is 1. The molecule has 0 radical (unpaired) electrons. The van der Waals surface area contributed by atoms with Gasteiger partial charge in [-0.15, -0.1) is 11.3 Å². The van der Waals surface area contributed by atoms with Crippen LogP contribution in [0.5, 0.6) is 0 Å². The third kappa shape index (κ3) is 4.25. The third-order valence-electron chi connectivity index (χ3n) is 3.22. The van der Waals surface area contributed by atoms with Gasteiger partial charge in [-0.25, -0.2) is 4.98 Å². The molecule has 3 nitrogen and oxygen atoms in total. The van der Waals surface area contributed by atoms with E-state index in [0.717, 1.165) is 11.7 Å². The van der Waals surface area contributed by atoms with Crippen LogP contribution in [0.4, 0.5) is 5.13 Å². The van der Waals surface area contributed by atoms with Crippen molar-refractivity contribution in [2.24, 2.45) is 0 Å². The van der Waals surface area contributed by atoms with Crippen molar-refractivity contribution >= 4 is 16.5 Å². The second-order valence-electron chi connectivity index (χ2n) is 5.29. The van der Waals surface area contributed by atoms with Crippen LogP contribution in [-0.4, -0.2) is 24.1 Å². The van der Waals surface area contributed by atoms with Crippen LogP contribution in [0.3, 0.4) is 0 Å². The van der Waals surface area contributed by atoms with Crippen molar-refractivity contribution in [1.29, 1.82) is 0 Å². The average molecular weight is 269 g/mol. The van der Waals surface area contributed by atoms with Crippen LogP contribution in [0.1, 0.15) is 51.1 Å². The molecular weight excluding hydrogens is 242 g/mol. The van der Waals surface area contributed by atoms with Gasteiger partial charge in [-0.1, -0.05) is 27.2 Å². The largest absolute Gasteiger partial charge is 0.348 e. The average Bonchev–Trinajstić information content (AvgIpc) is 2.67. The highest BCUT2D eigenvalue weighted by Crippen LogP contribution is 2.27. The summed E-state index contributed by atoms with van der Waals surface area (Å²) in [6.45, 7) is 11.9. The molecule has 0 aliphatic rings. The first-order valence-electron chi connectivity index (χ1n) is 6.88. The molecule has 0 spiro atoms. The molecule has 0 saturated heterocycles. The zero-order chi connectivity index (χ0) is 13.7. The Morgan fingerprint density at radius 1 is 1.33 bits per heavy atom. The molecule has 4 heteroatoms. The molecule has 0 amide bonds. The monoisotopic (exact) mass is 269 g/mol. The summed E-state index contributed by atoms with van der Waals surface area (Å²) in [7, 11) is 2.15. The third-order valence-corrected chi connectivity index (χ3v) is 4.47. The van der Waals surface area contributed by atoms with Gasteiger partial charge in [-0.05, 0) is 20.3 Å². The van der Waals surface area contributed by atoms with E-state index in [9.17, 15) is 0 Å². The first-order valence-corrected chi connectivity index (χ1v) is 7.69. The standard InChI is InChI=1S/C14H27N3S/c1-7-8-11(4)17(6)14-16-12(5)13(18-14)9-15-10(2)3/h10-11,15H,7-9H2,1-6H3. The maximum absolute atomic E-state index is 4.70. The zero-order valence-corrected chi connectivity index (χ0v) is 13.4. The molecule has 1 heterocycles. The van der Waals surface area contributed by atoms with Crippen molar-refractivity contribution in [2.75, 3.05) is 11.9 Å². The summed E-state index contributed by atoms with van der Waals surface area (Å²) in [5.41, 5.74) is 1.17. The van der Waals surface area contributed by atoms with Crippen LogP contribution in [0.15, 0.2) is 0 Å². The number of nitrogens with zero attached hydrogens (tertiary/aromatic N) is 2. The van der Waals surface area contributed by atoms with Crippen LogP contribution in [0, 0.1) is 6.92 Å². The van der Waals surface area contributed by atoms with E-state index >= 15 is 0 Å². The van der Waals surface area contributed by atoms with Crippen LogP contribution in [0.2, 0.25) is 0 Å². The molecule has 0 aliphatic carbocycles. The minimum atomic E-state index is 0.520. The van der Waals surface area contributed by atoms with Gasteiger partial charge in [0.15, 0.2) is 5.13 Å². The van der Waals surface area contributed by atoms with Crippen molar-refractivity contribution in [2.45, 2.75) is 66.1 Å². The molecule has 0 aliphatic heterocycles. The number of nitrogens with one attached hydrogen (secondary N) is 1. The molecule has 18 heavy (non-hydrogen) atoms. The van der Waals surface area contributed by atoms with E-state index in [1.165, 1.54) is 23.4 Å². The van der Waals surface area contributed by atoms with Crippen molar-refractivity contribution in [3.05, 3.63) is 10.6 Å². The van der Waals surface area contributed by atoms with Gasteiger partial charge in [0.2, 0.25) is 0 Å². The summed E-state index contributed by atoms with van der Waals surface area (Å²) in [5, 5.41) is 4.61. The molecule has 0 bridgehead atoms. The SMILES string of the molecule is CCCC(C)N(C)c1nc(C)c(CNC(C)C)s1. The molecular formula is C14H27N3S. The summed E-state index contributed by atoms with van der Waals surface area (Å²) < 4.78 is 0. The Balaban J connectivity index is 2.70. The van der Waals surface area contributed by atoms with Gasteiger partial charge >= 0.3 is 0 Å². The minimum absolute atomic E-state index is 0.520. The van der Waals surface area contributed by atoms with Gasteiger partial charge < -0.3 is 10.2 Å². The first kappa shape index (κ1) is 15.4. The number of hydrogen-bond donors (Lipinski definition) is 1. The first-order chi connectivity index (χ1) is 8.45. The van der Waals surface area contributed by atoms with Gasteiger partial charge in [0, 0.05) is 30.6 Å². The van der Waals surface area contributed by atoms with Crippen LogP contribution in [0.25, 0.3) is 0 Å². The molecule has 1 atom stereocenters. The predicted octanol–water partition coefficient (Wildman–Crippen LogP) is 3.57. The summed E-state index contributed by atoms with van der Waals surface area (Å²) in [6.07, 6.45) is 2.44. The lowest BCUT2D eigenvalue weighted by atomic mass is 10.2. The Morgan fingerprint density at radius 3 is 2.56 bits per heavy atom. The van der Waals surface area contributed by atoms with Gasteiger partial charge in [0.25, 0.3) is 0 Å². The number of rotatable bonds is 7. The molecule has 1 aromatic rings. The summed E-state index contributed by atoms with van der Waals surface area (Å²) in [6, 6.07) is 1.08. The topological polar surface area (TPSA) is 28.2 Å². The van der Waals surface area contributed by atoms with E-state index in [-0.39, 0.29) is 0 Å². The predicted molar refractivity (Wildman–Crippen MR) is 81.6 cm³/mol. The molecule has 1 N–H and O–H groups in total. The molecule has 1 aromatic heterocycles. The fraction of sp³-hybridized carbons (Fsp3) is 0.786. The second-order valence-corrected chi connectivity index (χ2v) is 6.35. The van der Waals surface area contributed by atoms with E-state index in [1.807, 2.05) is 11.3 Å². The van der Waals surface area contributed by atoms with Crippen LogP contribution >= 0.6 is 11.3 Å². The maximum Gasteiger partial charge on any atom is 0.185 e. The Hall–Kier alpha value is -0.610. The highest BCUT2D eigenvalue weighted by Gasteiger charge is 2.15. The zero-order valence-electron chi connectivity index (χ0n) is 12.6. The lowest BCUT2D eigenvalue weighted by Gasteiger charge is -2.23. The minimum Gasteiger partial charge on any atom is -0.348 e. The summed E-state index contributed by atoms with van der Waals surface area (Å²) >= 11 is 1.82. The number of aromatic nitrogens is 1. The fourth-order valence-corrected chi connectivity index (χ4v) is 2.90. The van der Waals surface area contributed by atoms with Crippen LogP contribution in [-0.2, 0) is 6.54 Å². The highest BCUT2D eigenvalue weighted by atomic mass is 32.1. The van der Waals surface area contributed by atoms with Gasteiger partial charge in [-0.2, -0.15) is 0 Å². The Morgan fingerprint density at radius 2 is 2.00 bits per heavy atom.